The topological polar surface area (TPSA) is 57.6 Å². The molecule has 4 heteroatoms. The standard InChI is InChI=1S/C15H21NO3/c1-10(2)11-5-7-12(8-6-11)13(15(18)19)9-14(17)16(3)4/h5-8,10,13H,9H2,1-4H3,(H,18,19). The predicted octanol–water partition coefficient (Wildman–Crippen LogP) is 2.46. The van der Waals surface area contributed by atoms with Gasteiger partial charge in [-0.3, -0.25) is 9.59 Å². The molecule has 0 aromatic heterocycles. The lowest BCUT2D eigenvalue weighted by molar-refractivity contribution is -0.142. The predicted molar refractivity (Wildman–Crippen MR) is 74.2 cm³/mol. The number of benzene rings is 1. The summed E-state index contributed by atoms with van der Waals surface area (Å²) in [7, 11) is 3.26. The van der Waals surface area contributed by atoms with Crippen molar-refractivity contribution >= 4 is 11.9 Å². The van der Waals surface area contributed by atoms with Crippen LogP contribution < -0.4 is 0 Å². The van der Waals surface area contributed by atoms with Crippen molar-refractivity contribution in [2.24, 2.45) is 0 Å². The Hall–Kier alpha value is -1.84. The van der Waals surface area contributed by atoms with Crippen molar-refractivity contribution in [1.82, 2.24) is 4.90 Å². The number of carbonyl (C=O) groups is 2. The maximum Gasteiger partial charge on any atom is 0.311 e. The molecule has 1 amide bonds. The average molecular weight is 263 g/mol. The molecule has 0 bridgehead atoms. The zero-order valence-corrected chi connectivity index (χ0v) is 11.9. The Bertz CT molecular complexity index is 449. The van der Waals surface area contributed by atoms with E-state index in [1.807, 2.05) is 12.1 Å². The Morgan fingerprint density at radius 1 is 1.11 bits per heavy atom. The van der Waals surface area contributed by atoms with Crippen LogP contribution in [0.1, 0.15) is 43.2 Å². The average Bonchev–Trinajstić information content (AvgIpc) is 2.35. The van der Waals surface area contributed by atoms with E-state index in [0.29, 0.717) is 11.5 Å². The smallest absolute Gasteiger partial charge is 0.311 e. The van der Waals surface area contributed by atoms with Gasteiger partial charge in [0.25, 0.3) is 0 Å². The van der Waals surface area contributed by atoms with E-state index in [1.54, 1.807) is 26.2 Å². The van der Waals surface area contributed by atoms with Gasteiger partial charge < -0.3 is 10.0 Å². The Morgan fingerprint density at radius 3 is 1.95 bits per heavy atom. The third kappa shape index (κ3) is 4.09. The second-order valence-electron chi connectivity index (χ2n) is 5.20. The second-order valence-corrected chi connectivity index (χ2v) is 5.20. The second kappa shape index (κ2) is 6.36. The van der Waals surface area contributed by atoms with E-state index in [2.05, 4.69) is 13.8 Å². The molecule has 1 unspecified atom stereocenters. The van der Waals surface area contributed by atoms with Crippen LogP contribution in [0.3, 0.4) is 0 Å². The molecule has 104 valence electrons. The zero-order chi connectivity index (χ0) is 14.6. The lowest BCUT2D eigenvalue weighted by Crippen LogP contribution is -2.26. The first-order chi connectivity index (χ1) is 8.82. The van der Waals surface area contributed by atoms with Crippen LogP contribution in [0.4, 0.5) is 0 Å². The summed E-state index contributed by atoms with van der Waals surface area (Å²) >= 11 is 0. The SMILES string of the molecule is CC(C)c1ccc(C(CC(=O)N(C)C)C(=O)O)cc1. The first kappa shape index (κ1) is 15.2. The molecule has 1 aromatic carbocycles. The number of amides is 1. The highest BCUT2D eigenvalue weighted by Gasteiger charge is 2.24. The molecule has 1 rings (SSSR count). The van der Waals surface area contributed by atoms with Crippen molar-refractivity contribution in [3.8, 4) is 0 Å². The maximum absolute atomic E-state index is 11.7. The normalized spacial score (nSPS) is 12.3. The minimum atomic E-state index is -0.965. The van der Waals surface area contributed by atoms with Crippen LogP contribution in [0, 0.1) is 0 Å². The van der Waals surface area contributed by atoms with Crippen LogP contribution in [0.5, 0.6) is 0 Å². The fourth-order valence-electron chi connectivity index (χ4n) is 1.82. The van der Waals surface area contributed by atoms with E-state index in [4.69, 9.17) is 0 Å². The van der Waals surface area contributed by atoms with E-state index < -0.39 is 11.9 Å². The Labute approximate surface area is 114 Å². The van der Waals surface area contributed by atoms with Crippen molar-refractivity contribution in [2.75, 3.05) is 14.1 Å². The quantitative estimate of drug-likeness (QED) is 0.887. The fourth-order valence-corrected chi connectivity index (χ4v) is 1.82. The highest BCUT2D eigenvalue weighted by atomic mass is 16.4. The van der Waals surface area contributed by atoms with Gasteiger partial charge in [-0.25, -0.2) is 0 Å². The van der Waals surface area contributed by atoms with Gasteiger partial charge >= 0.3 is 5.97 Å². The van der Waals surface area contributed by atoms with Gasteiger partial charge in [0.15, 0.2) is 0 Å². The van der Waals surface area contributed by atoms with Crippen molar-refractivity contribution in [1.29, 1.82) is 0 Å². The number of rotatable bonds is 5. The molecule has 1 N–H and O–H groups in total. The number of carbonyl (C=O) groups excluding carboxylic acids is 1. The van der Waals surface area contributed by atoms with Gasteiger partial charge in [0, 0.05) is 20.5 Å². The molecule has 19 heavy (non-hydrogen) atoms. The summed E-state index contributed by atoms with van der Waals surface area (Å²) in [5.41, 5.74) is 1.83. The molecule has 0 heterocycles. The molecule has 0 fully saturated rings. The van der Waals surface area contributed by atoms with Gasteiger partial charge in [-0.2, -0.15) is 0 Å². The van der Waals surface area contributed by atoms with E-state index in [9.17, 15) is 14.7 Å². The summed E-state index contributed by atoms with van der Waals surface area (Å²) in [6.07, 6.45) is -0.0106. The molecule has 0 spiro atoms. The molecular weight excluding hydrogens is 242 g/mol. The molecule has 1 aromatic rings. The summed E-state index contributed by atoms with van der Waals surface area (Å²) in [5, 5.41) is 9.27. The van der Waals surface area contributed by atoms with Crippen molar-refractivity contribution < 1.29 is 14.7 Å². The molecule has 1 atom stereocenters. The number of carboxylic acid groups (broad SMARTS) is 1. The van der Waals surface area contributed by atoms with Crippen molar-refractivity contribution in [3.05, 3.63) is 35.4 Å². The van der Waals surface area contributed by atoms with E-state index in [1.165, 1.54) is 4.90 Å². The summed E-state index contributed by atoms with van der Waals surface area (Å²) in [6.45, 7) is 4.17. The molecule has 0 aliphatic heterocycles. The van der Waals surface area contributed by atoms with E-state index >= 15 is 0 Å². The van der Waals surface area contributed by atoms with Crippen molar-refractivity contribution in [3.63, 3.8) is 0 Å². The number of hydrogen-bond acceptors (Lipinski definition) is 2. The Kier molecular flexibility index (Phi) is 5.10. The third-order valence-electron chi connectivity index (χ3n) is 3.18. The number of nitrogens with zero attached hydrogens (tertiary/aromatic N) is 1. The molecule has 0 saturated carbocycles. The summed E-state index contributed by atoms with van der Waals surface area (Å²) in [6, 6.07) is 7.46. The number of hydrogen-bond donors (Lipinski definition) is 1. The molecule has 4 nitrogen and oxygen atoms in total. The minimum absolute atomic E-state index is 0.0106. The van der Waals surface area contributed by atoms with Crippen molar-refractivity contribution in [2.45, 2.75) is 32.1 Å². The van der Waals surface area contributed by atoms with E-state index in [-0.39, 0.29) is 12.3 Å². The highest BCUT2D eigenvalue weighted by molar-refractivity contribution is 5.85. The largest absolute Gasteiger partial charge is 0.481 e. The third-order valence-corrected chi connectivity index (χ3v) is 3.18. The first-order valence-electron chi connectivity index (χ1n) is 6.35. The first-order valence-corrected chi connectivity index (χ1v) is 6.35. The van der Waals surface area contributed by atoms with Gasteiger partial charge in [0.1, 0.15) is 0 Å². The van der Waals surface area contributed by atoms with Gasteiger partial charge in [0.2, 0.25) is 5.91 Å². The Balaban J connectivity index is 2.93. The zero-order valence-electron chi connectivity index (χ0n) is 11.9. The highest BCUT2D eigenvalue weighted by Crippen LogP contribution is 2.23. The molecule has 0 aliphatic carbocycles. The molecular formula is C15H21NO3. The maximum atomic E-state index is 11.7. The van der Waals surface area contributed by atoms with Crippen LogP contribution in [-0.2, 0) is 9.59 Å². The van der Waals surface area contributed by atoms with Crippen LogP contribution in [0.25, 0.3) is 0 Å². The molecule has 0 aliphatic rings. The van der Waals surface area contributed by atoms with Crippen LogP contribution >= 0.6 is 0 Å². The number of aliphatic carboxylic acids is 1. The molecule has 0 radical (unpaired) electrons. The Morgan fingerprint density at radius 2 is 1.58 bits per heavy atom. The van der Waals surface area contributed by atoms with Crippen LogP contribution in [-0.4, -0.2) is 36.0 Å². The minimum Gasteiger partial charge on any atom is -0.481 e. The molecule has 0 saturated heterocycles. The number of carboxylic acids is 1. The monoisotopic (exact) mass is 263 g/mol. The van der Waals surface area contributed by atoms with E-state index in [0.717, 1.165) is 5.56 Å². The fraction of sp³-hybridized carbons (Fsp3) is 0.467. The van der Waals surface area contributed by atoms with Crippen LogP contribution in [0.2, 0.25) is 0 Å². The summed E-state index contributed by atoms with van der Waals surface area (Å²) in [5.74, 6) is -1.52. The van der Waals surface area contributed by atoms with Gasteiger partial charge in [0.05, 0.1) is 5.92 Å². The summed E-state index contributed by atoms with van der Waals surface area (Å²) < 4.78 is 0. The van der Waals surface area contributed by atoms with Gasteiger partial charge in [-0.1, -0.05) is 38.1 Å². The lowest BCUT2D eigenvalue weighted by atomic mass is 9.92. The van der Waals surface area contributed by atoms with Gasteiger partial charge in [-0.05, 0) is 17.0 Å². The summed E-state index contributed by atoms with van der Waals surface area (Å²) in [4.78, 5) is 24.4. The van der Waals surface area contributed by atoms with Gasteiger partial charge in [-0.15, -0.1) is 0 Å². The lowest BCUT2D eigenvalue weighted by Gasteiger charge is -2.16. The van der Waals surface area contributed by atoms with Crippen LogP contribution in [0.15, 0.2) is 24.3 Å².